The average molecular weight is 577 g/mol. The van der Waals surface area contributed by atoms with Crippen LogP contribution in [0.25, 0.3) is 11.1 Å². The SMILES string of the molecule is O=C(c1ccccc1)C(O)c1ccccc1.O=C(c1ccccc1-c1ccccc1)C(Oc1ccccc1)c1ccccc1. The Balaban J connectivity index is 0.000000204. The van der Waals surface area contributed by atoms with Crippen LogP contribution in [0.4, 0.5) is 0 Å². The molecule has 0 aliphatic heterocycles. The van der Waals surface area contributed by atoms with Crippen molar-refractivity contribution in [1.29, 1.82) is 0 Å². The van der Waals surface area contributed by atoms with E-state index in [0.29, 0.717) is 22.4 Å². The Bertz CT molecular complexity index is 1750. The van der Waals surface area contributed by atoms with Crippen molar-refractivity contribution in [2.75, 3.05) is 0 Å². The van der Waals surface area contributed by atoms with Crippen LogP contribution in [0.2, 0.25) is 0 Å². The van der Waals surface area contributed by atoms with Gasteiger partial charge in [0.2, 0.25) is 5.78 Å². The number of para-hydroxylation sites is 1. The molecular formula is C40H32O4. The lowest BCUT2D eigenvalue weighted by molar-refractivity contribution is 0.0747. The number of carbonyl (C=O) groups excluding carboxylic acids is 2. The minimum absolute atomic E-state index is 0.0606. The molecule has 216 valence electrons. The van der Waals surface area contributed by atoms with Crippen LogP contribution in [0.15, 0.2) is 176 Å². The molecule has 0 bridgehead atoms. The van der Waals surface area contributed by atoms with Gasteiger partial charge in [-0.25, -0.2) is 0 Å². The smallest absolute Gasteiger partial charge is 0.208 e. The van der Waals surface area contributed by atoms with Crippen LogP contribution in [0.5, 0.6) is 5.75 Å². The largest absolute Gasteiger partial charge is 0.478 e. The molecule has 6 aromatic rings. The first-order valence-corrected chi connectivity index (χ1v) is 14.4. The summed E-state index contributed by atoms with van der Waals surface area (Å²) in [5.74, 6) is 0.336. The van der Waals surface area contributed by atoms with Gasteiger partial charge < -0.3 is 9.84 Å². The van der Waals surface area contributed by atoms with E-state index in [1.54, 1.807) is 48.5 Å². The van der Waals surface area contributed by atoms with Crippen molar-refractivity contribution < 1.29 is 19.4 Å². The summed E-state index contributed by atoms with van der Waals surface area (Å²) in [5.41, 5.74) is 4.55. The molecule has 4 nitrogen and oxygen atoms in total. The lowest BCUT2D eigenvalue weighted by Crippen LogP contribution is -2.20. The highest BCUT2D eigenvalue weighted by Crippen LogP contribution is 2.31. The number of rotatable bonds is 9. The number of aliphatic hydroxyl groups is 1. The molecule has 6 rings (SSSR count). The number of ether oxygens (including phenoxy) is 1. The van der Waals surface area contributed by atoms with Gasteiger partial charge in [-0.05, 0) is 28.8 Å². The molecule has 0 heterocycles. The number of Topliss-reactive ketones (excluding diaryl/α,β-unsaturated/α-hetero) is 2. The molecule has 6 aromatic carbocycles. The van der Waals surface area contributed by atoms with Crippen LogP contribution in [-0.4, -0.2) is 16.7 Å². The number of carbonyl (C=O) groups is 2. The van der Waals surface area contributed by atoms with Crippen molar-refractivity contribution in [1.82, 2.24) is 0 Å². The van der Waals surface area contributed by atoms with Gasteiger partial charge in [-0.3, -0.25) is 9.59 Å². The molecule has 0 spiro atoms. The third kappa shape index (κ3) is 7.62. The Morgan fingerprint density at radius 1 is 0.477 bits per heavy atom. The summed E-state index contributed by atoms with van der Waals surface area (Å²) in [6.45, 7) is 0. The molecule has 2 unspecified atom stereocenters. The molecule has 0 fully saturated rings. The quantitative estimate of drug-likeness (QED) is 0.175. The van der Waals surface area contributed by atoms with E-state index in [-0.39, 0.29) is 11.6 Å². The predicted octanol–water partition coefficient (Wildman–Crippen LogP) is 8.96. The lowest BCUT2D eigenvalue weighted by atomic mass is 9.92. The topological polar surface area (TPSA) is 63.6 Å². The van der Waals surface area contributed by atoms with Crippen molar-refractivity contribution in [2.45, 2.75) is 12.2 Å². The van der Waals surface area contributed by atoms with Crippen molar-refractivity contribution >= 4 is 11.6 Å². The van der Waals surface area contributed by atoms with Gasteiger partial charge in [0.05, 0.1) is 0 Å². The highest BCUT2D eigenvalue weighted by molar-refractivity contribution is 6.05. The number of hydrogen-bond acceptors (Lipinski definition) is 4. The Kier molecular flexibility index (Phi) is 10.2. The van der Waals surface area contributed by atoms with E-state index in [2.05, 4.69) is 0 Å². The summed E-state index contributed by atoms with van der Waals surface area (Å²) < 4.78 is 6.16. The standard InChI is InChI=1S/C26H20O2.C14H12O2/c27-25(24-19-11-10-18-23(24)20-12-4-1-5-13-20)26(21-14-6-2-7-15-21)28-22-16-8-3-9-17-22;15-13(11-7-3-1-4-8-11)14(16)12-9-5-2-6-10-12/h1-19,26H;1-10,13,15H. The second-order valence-electron chi connectivity index (χ2n) is 10.0. The van der Waals surface area contributed by atoms with E-state index in [1.165, 1.54) is 0 Å². The first-order valence-electron chi connectivity index (χ1n) is 14.4. The molecule has 0 aromatic heterocycles. The molecule has 0 saturated carbocycles. The van der Waals surface area contributed by atoms with Gasteiger partial charge in [0, 0.05) is 16.7 Å². The van der Waals surface area contributed by atoms with Gasteiger partial charge >= 0.3 is 0 Å². The molecule has 0 radical (unpaired) electrons. The number of ketones is 2. The Labute approximate surface area is 257 Å². The van der Waals surface area contributed by atoms with Crippen LogP contribution in [0.1, 0.15) is 44.1 Å². The zero-order chi connectivity index (χ0) is 30.6. The van der Waals surface area contributed by atoms with E-state index in [4.69, 9.17) is 4.74 Å². The first-order chi connectivity index (χ1) is 21.6. The normalized spacial score (nSPS) is 11.8. The van der Waals surface area contributed by atoms with Crippen molar-refractivity contribution in [3.05, 3.63) is 198 Å². The molecule has 1 N–H and O–H groups in total. The van der Waals surface area contributed by atoms with E-state index in [9.17, 15) is 14.7 Å². The van der Waals surface area contributed by atoms with Crippen molar-refractivity contribution in [3.63, 3.8) is 0 Å². The fourth-order valence-corrected chi connectivity index (χ4v) is 4.79. The van der Waals surface area contributed by atoms with Crippen molar-refractivity contribution in [2.24, 2.45) is 0 Å². The highest BCUT2D eigenvalue weighted by Gasteiger charge is 2.26. The Morgan fingerprint density at radius 2 is 0.932 bits per heavy atom. The van der Waals surface area contributed by atoms with Crippen LogP contribution in [-0.2, 0) is 0 Å². The van der Waals surface area contributed by atoms with Crippen LogP contribution >= 0.6 is 0 Å². The lowest BCUT2D eigenvalue weighted by Gasteiger charge is -2.20. The molecule has 0 aliphatic rings. The number of hydrogen-bond donors (Lipinski definition) is 1. The predicted molar refractivity (Wildman–Crippen MR) is 175 cm³/mol. The second-order valence-corrected chi connectivity index (χ2v) is 10.0. The molecular weight excluding hydrogens is 544 g/mol. The number of aliphatic hydroxyl groups excluding tert-OH is 1. The molecule has 4 heteroatoms. The van der Waals surface area contributed by atoms with Crippen LogP contribution in [0, 0.1) is 0 Å². The van der Waals surface area contributed by atoms with E-state index >= 15 is 0 Å². The fourth-order valence-electron chi connectivity index (χ4n) is 4.79. The number of benzene rings is 6. The van der Waals surface area contributed by atoms with Gasteiger partial charge in [0.25, 0.3) is 0 Å². The van der Waals surface area contributed by atoms with E-state index in [0.717, 1.165) is 16.7 Å². The highest BCUT2D eigenvalue weighted by atomic mass is 16.5. The maximum atomic E-state index is 13.6. The van der Waals surface area contributed by atoms with Gasteiger partial charge in [-0.15, -0.1) is 0 Å². The summed E-state index contributed by atoms with van der Waals surface area (Å²) in [7, 11) is 0. The van der Waals surface area contributed by atoms with Gasteiger partial charge in [0.15, 0.2) is 11.9 Å². The summed E-state index contributed by atoms with van der Waals surface area (Å²) >= 11 is 0. The monoisotopic (exact) mass is 576 g/mol. The maximum Gasteiger partial charge on any atom is 0.208 e. The van der Waals surface area contributed by atoms with E-state index in [1.807, 2.05) is 127 Å². The Hall–Kier alpha value is -5.58. The zero-order valence-corrected chi connectivity index (χ0v) is 24.1. The van der Waals surface area contributed by atoms with Crippen LogP contribution < -0.4 is 4.74 Å². The summed E-state index contributed by atoms with van der Waals surface area (Å²) in [6.07, 6.45) is -1.79. The van der Waals surface area contributed by atoms with Crippen molar-refractivity contribution in [3.8, 4) is 16.9 Å². The van der Waals surface area contributed by atoms with Gasteiger partial charge in [0.1, 0.15) is 11.9 Å². The molecule has 44 heavy (non-hydrogen) atoms. The van der Waals surface area contributed by atoms with Gasteiger partial charge in [-0.2, -0.15) is 0 Å². The fraction of sp³-hybridized carbons (Fsp3) is 0.0500. The minimum atomic E-state index is -1.08. The third-order valence-electron chi connectivity index (χ3n) is 7.04. The molecule has 0 saturated heterocycles. The molecule has 0 aliphatic carbocycles. The first kappa shape index (κ1) is 29.9. The molecule has 2 atom stereocenters. The minimum Gasteiger partial charge on any atom is -0.478 e. The van der Waals surface area contributed by atoms with Gasteiger partial charge in [-0.1, -0.05) is 164 Å². The van der Waals surface area contributed by atoms with E-state index < -0.39 is 12.2 Å². The second kappa shape index (κ2) is 15.1. The zero-order valence-electron chi connectivity index (χ0n) is 24.1. The summed E-state index contributed by atoms with van der Waals surface area (Å²) in [4.78, 5) is 25.5. The average Bonchev–Trinajstić information content (AvgIpc) is 3.12. The Morgan fingerprint density at radius 3 is 1.52 bits per heavy atom. The third-order valence-corrected chi connectivity index (χ3v) is 7.04. The summed E-state index contributed by atoms with van der Waals surface area (Å²) in [6, 6.07) is 54.5. The molecule has 0 amide bonds. The maximum absolute atomic E-state index is 13.6. The summed E-state index contributed by atoms with van der Waals surface area (Å²) in [5, 5.41) is 9.89. The van der Waals surface area contributed by atoms with Crippen LogP contribution in [0.3, 0.4) is 0 Å².